The van der Waals surface area contributed by atoms with Gasteiger partial charge < -0.3 is 0 Å². The summed E-state index contributed by atoms with van der Waals surface area (Å²) in [4.78, 5) is 12.8. The van der Waals surface area contributed by atoms with E-state index in [2.05, 4.69) is 53.9 Å². The molecule has 0 aliphatic rings. The van der Waals surface area contributed by atoms with Crippen LogP contribution in [0.3, 0.4) is 0 Å². The molecule has 0 atom stereocenters. The molecule has 0 N–H and O–H groups in total. The van der Waals surface area contributed by atoms with Crippen molar-refractivity contribution in [3.63, 3.8) is 0 Å². The van der Waals surface area contributed by atoms with Crippen molar-refractivity contribution in [1.82, 2.24) is 9.97 Å². The van der Waals surface area contributed by atoms with E-state index in [1.54, 1.807) is 24.8 Å². The van der Waals surface area contributed by atoms with Crippen molar-refractivity contribution in [2.45, 2.75) is 26.7 Å². The quantitative estimate of drug-likeness (QED) is 0.640. The first kappa shape index (κ1) is 15.5. The standard InChI is InChI=1S/C15H17N3.Ni/c1-11(2)14-6-4-5-12(3)15(14)18-10-13-9-16-7-8-17-13;/h4-11H,1-3H3;. The molecule has 0 saturated heterocycles. The Morgan fingerprint density at radius 3 is 2.63 bits per heavy atom. The van der Waals surface area contributed by atoms with E-state index in [1.165, 1.54) is 11.1 Å². The van der Waals surface area contributed by atoms with Gasteiger partial charge >= 0.3 is 0 Å². The fourth-order valence-corrected chi connectivity index (χ4v) is 1.83. The van der Waals surface area contributed by atoms with Gasteiger partial charge in [-0.1, -0.05) is 32.0 Å². The van der Waals surface area contributed by atoms with E-state index in [1.807, 2.05) is 0 Å². The molecule has 102 valence electrons. The Hall–Kier alpha value is -1.54. The topological polar surface area (TPSA) is 38.1 Å². The zero-order valence-electron chi connectivity index (χ0n) is 11.3. The zero-order chi connectivity index (χ0) is 13.0. The van der Waals surface area contributed by atoms with E-state index in [0.717, 1.165) is 11.4 Å². The molecular weight excluding hydrogens is 281 g/mol. The molecule has 0 fully saturated rings. The van der Waals surface area contributed by atoms with E-state index in [0.29, 0.717) is 5.92 Å². The summed E-state index contributed by atoms with van der Waals surface area (Å²) in [6.45, 7) is 6.43. The van der Waals surface area contributed by atoms with Crippen LogP contribution in [0.4, 0.5) is 5.69 Å². The Balaban J connectivity index is 0.00000180. The van der Waals surface area contributed by atoms with Crippen LogP contribution >= 0.6 is 0 Å². The molecule has 1 aromatic carbocycles. The number of rotatable bonds is 3. The third-order valence-corrected chi connectivity index (χ3v) is 2.80. The number of nitrogens with zero attached hydrogens (tertiary/aromatic N) is 3. The van der Waals surface area contributed by atoms with Crippen LogP contribution < -0.4 is 0 Å². The summed E-state index contributed by atoms with van der Waals surface area (Å²) in [5.74, 6) is 0.457. The van der Waals surface area contributed by atoms with Gasteiger partial charge in [0.2, 0.25) is 0 Å². The second-order valence-corrected chi connectivity index (χ2v) is 4.56. The van der Waals surface area contributed by atoms with Gasteiger partial charge in [-0.3, -0.25) is 15.0 Å². The number of hydrogen-bond donors (Lipinski definition) is 0. The van der Waals surface area contributed by atoms with Crippen molar-refractivity contribution < 1.29 is 16.5 Å². The van der Waals surface area contributed by atoms with Crippen molar-refractivity contribution in [3.8, 4) is 0 Å². The molecule has 19 heavy (non-hydrogen) atoms. The smallest absolute Gasteiger partial charge is 0.0995 e. The summed E-state index contributed by atoms with van der Waals surface area (Å²) in [6.07, 6.45) is 6.80. The largest absolute Gasteiger partial charge is 0.261 e. The fraction of sp³-hybridized carbons (Fsp3) is 0.267. The van der Waals surface area contributed by atoms with Crippen molar-refractivity contribution in [2.75, 3.05) is 0 Å². The molecule has 3 nitrogen and oxygen atoms in total. The van der Waals surface area contributed by atoms with Crippen LogP contribution in [0.2, 0.25) is 0 Å². The van der Waals surface area contributed by atoms with Crippen molar-refractivity contribution in [1.29, 1.82) is 0 Å². The molecule has 0 aliphatic heterocycles. The molecule has 0 saturated carbocycles. The van der Waals surface area contributed by atoms with Crippen LogP contribution in [0.15, 0.2) is 41.8 Å². The van der Waals surface area contributed by atoms with Crippen LogP contribution in [0.25, 0.3) is 0 Å². The van der Waals surface area contributed by atoms with Gasteiger partial charge in [-0.25, -0.2) is 0 Å². The molecule has 0 aliphatic carbocycles. The summed E-state index contributed by atoms with van der Waals surface area (Å²) >= 11 is 0. The molecule has 1 heterocycles. The average molecular weight is 298 g/mol. The maximum absolute atomic E-state index is 4.57. The van der Waals surface area contributed by atoms with Crippen LogP contribution in [-0.2, 0) is 16.5 Å². The predicted molar refractivity (Wildman–Crippen MR) is 74.6 cm³/mol. The molecular formula is C15H17N3Ni. The summed E-state index contributed by atoms with van der Waals surface area (Å²) in [5, 5.41) is 0. The van der Waals surface area contributed by atoms with E-state index in [-0.39, 0.29) is 16.5 Å². The Labute approximate surface area is 124 Å². The van der Waals surface area contributed by atoms with Gasteiger partial charge in [0, 0.05) is 28.9 Å². The predicted octanol–water partition coefficient (Wildman–Crippen LogP) is 3.66. The second-order valence-electron chi connectivity index (χ2n) is 4.56. The summed E-state index contributed by atoms with van der Waals surface area (Å²) in [7, 11) is 0. The van der Waals surface area contributed by atoms with E-state index in [4.69, 9.17) is 0 Å². The maximum atomic E-state index is 4.57. The third-order valence-electron chi connectivity index (χ3n) is 2.80. The second kappa shape index (κ2) is 7.15. The number of aryl methyl sites for hydroxylation is 1. The first-order valence-electron chi connectivity index (χ1n) is 6.08. The average Bonchev–Trinajstić information content (AvgIpc) is 2.38. The number of para-hydroxylation sites is 1. The van der Waals surface area contributed by atoms with E-state index < -0.39 is 0 Å². The molecule has 0 spiro atoms. The monoisotopic (exact) mass is 297 g/mol. The van der Waals surface area contributed by atoms with Crippen LogP contribution in [0.5, 0.6) is 0 Å². The van der Waals surface area contributed by atoms with E-state index >= 15 is 0 Å². The molecule has 0 unspecified atom stereocenters. The summed E-state index contributed by atoms with van der Waals surface area (Å²) in [6, 6.07) is 6.28. The minimum atomic E-state index is 0. The van der Waals surface area contributed by atoms with Crippen molar-refractivity contribution in [2.24, 2.45) is 4.99 Å². The third kappa shape index (κ3) is 3.97. The van der Waals surface area contributed by atoms with Gasteiger partial charge in [-0.05, 0) is 24.0 Å². The van der Waals surface area contributed by atoms with Gasteiger partial charge in [0.25, 0.3) is 0 Å². The normalized spacial score (nSPS) is 10.7. The van der Waals surface area contributed by atoms with Gasteiger partial charge in [0.1, 0.15) is 0 Å². The summed E-state index contributed by atoms with van der Waals surface area (Å²) in [5.41, 5.74) is 4.25. The molecule has 2 aromatic rings. The van der Waals surface area contributed by atoms with Crippen molar-refractivity contribution >= 4 is 11.9 Å². The Kier molecular flexibility index (Phi) is 5.84. The number of benzene rings is 1. The minimum Gasteiger partial charge on any atom is -0.261 e. The molecule has 2 rings (SSSR count). The Morgan fingerprint density at radius 1 is 1.21 bits per heavy atom. The van der Waals surface area contributed by atoms with Crippen LogP contribution in [0, 0.1) is 6.92 Å². The Bertz CT molecular complexity index is 551. The number of hydrogen-bond acceptors (Lipinski definition) is 3. The molecule has 0 bridgehead atoms. The van der Waals surface area contributed by atoms with Crippen molar-refractivity contribution in [3.05, 3.63) is 53.6 Å². The fourth-order valence-electron chi connectivity index (χ4n) is 1.83. The first-order chi connectivity index (χ1) is 8.68. The molecule has 0 amide bonds. The van der Waals surface area contributed by atoms with Gasteiger partial charge in [-0.2, -0.15) is 0 Å². The zero-order valence-corrected chi connectivity index (χ0v) is 12.3. The number of aliphatic imine (C=N–C) groups is 1. The van der Waals surface area contributed by atoms with Gasteiger partial charge in [0.05, 0.1) is 23.8 Å². The SMILES string of the molecule is Cc1cccc(C(C)C)c1N=Cc1cnccn1.[Ni]. The van der Waals surface area contributed by atoms with Gasteiger partial charge in [-0.15, -0.1) is 0 Å². The van der Waals surface area contributed by atoms with Gasteiger partial charge in [0.15, 0.2) is 0 Å². The number of aromatic nitrogens is 2. The maximum Gasteiger partial charge on any atom is 0.0995 e. The molecule has 4 heteroatoms. The van der Waals surface area contributed by atoms with Crippen LogP contribution in [0.1, 0.15) is 36.6 Å². The minimum absolute atomic E-state index is 0. The first-order valence-corrected chi connectivity index (χ1v) is 6.08. The van der Waals surface area contributed by atoms with E-state index in [9.17, 15) is 0 Å². The summed E-state index contributed by atoms with van der Waals surface area (Å²) < 4.78 is 0. The molecule has 1 aromatic heterocycles. The Morgan fingerprint density at radius 2 is 2.00 bits per heavy atom. The van der Waals surface area contributed by atoms with Crippen LogP contribution in [-0.4, -0.2) is 16.2 Å². The molecule has 0 radical (unpaired) electrons.